The minimum absolute atomic E-state index is 0.714. The van der Waals surface area contributed by atoms with Crippen LogP contribution in [0.2, 0.25) is 0 Å². The summed E-state index contributed by atoms with van der Waals surface area (Å²) in [6.07, 6.45) is 3.47. The Morgan fingerprint density at radius 1 is 1.20 bits per heavy atom. The molecule has 4 heteroatoms. The first-order valence-corrected chi connectivity index (χ1v) is 4.58. The van der Waals surface area contributed by atoms with Gasteiger partial charge in [-0.05, 0) is 12.1 Å². The Hall–Kier alpha value is -1.97. The van der Waals surface area contributed by atoms with Crippen LogP contribution in [0.4, 0.5) is 0 Å². The average Bonchev–Trinajstić information content (AvgIpc) is 2.64. The van der Waals surface area contributed by atoms with Crippen LogP contribution in [0, 0.1) is 0 Å². The Kier molecular flexibility index (Phi) is 2.58. The van der Waals surface area contributed by atoms with Crippen LogP contribution in [0.25, 0.3) is 0 Å². The topological polar surface area (TPSA) is 36.3 Å². The normalized spacial score (nSPS) is 10.0. The fraction of sp³-hybridized carbons (Fsp3) is 0.182. The van der Waals surface area contributed by atoms with E-state index in [9.17, 15) is 0 Å². The minimum atomic E-state index is 0.714. The summed E-state index contributed by atoms with van der Waals surface area (Å²) in [4.78, 5) is 0. The van der Waals surface area contributed by atoms with E-state index in [-0.39, 0.29) is 0 Å². The highest BCUT2D eigenvalue weighted by Crippen LogP contribution is 2.24. The standard InChI is InChI=1S/C11H12N2O2/c1-13-8-11(7-12-13)15-10-5-3-4-9(6-10)14-2/h3-8H,1-2H3. The monoisotopic (exact) mass is 204 g/mol. The average molecular weight is 204 g/mol. The number of aryl methyl sites for hydroxylation is 1. The lowest BCUT2D eigenvalue weighted by atomic mass is 10.3. The molecule has 0 aliphatic carbocycles. The van der Waals surface area contributed by atoms with Crippen LogP contribution >= 0.6 is 0 Å². The predicted octanol–water partition coefficient (Wildman–Crippen LogP) is 2.22. The van der Waals surface area contributed by atoms with Gasteiger partial charge in [0.2, 0.25) is 0 Å². The van der Waals surface area contributed by atoms with Gasteiger partial charge in [0.1, 0.15) is 11.5 Å². The number of hydrogen-bond acceptors (Lipinski definition) is 3. The Labute approximate surface area is 88.1 Å². The molecular weight excluding hydrogens is 192 g/mol. The fourth-order valence-electron chi connectivity index (χ4n) is 1.25. The molecule has 0 bridgehead atoms. The third kappa shape index (κ3) is 2.28. The second-order valence-electron chi connectivity index (χ2n) is 3.13. The Morgan fingerprint density at radius 2 is 2.00 bits per heavy atom. The second-order valence-corrected chi connectivity index (χ2v) is 3.13. The summed E-state index contributed by atoms with van der Waals surface area (Å²) in [5.74, 6) is 2.23. The second kappa shape index (κ2) is 4.04. The zero-order valence-corrected chi connectivity index (χ0v) is 8.68. The van der Waals surface area contributed by atoms with Crippen LogP contribution < -0.4 is 9.47 Å². The van der Waals surface area contributed by atoms with E-state index in [4.69, 9.17) is 9.47 Å². The fourth-order valence-corrected chi connectivity index (χ4v) is 1.25. The van der Waals surface area contributed by atoms with E-state index in [2.05, 4.69) is 5.10 Å². The van der Waals surface area contributed by atoms with Crippen LogP contribution in [-0.4, -0.2) is 16.9 Å². The van der Waals surface area contributed by atoms with Gasteiger partial charge in [-0.3, -0.25) is 4.68 Å². The molecule has 0 fully saturated rings. The minimum Gasteiger partial charge on any atom is -0.497 e. The summed E-state index contributed by atoms with van der Waals surface area (Å²) < 4.78 is 12.4. The lowest BCUT2D eigenvalue weighted by molar-refractivity contribution is 0.409. The van der Waals surface area contributed by atoms with Crippen LogP contribution in [0.15, 0.2) is 36.7 Å². The lowest BCUT2D eigenvalue weighted by Gasteiger charge is -2.04. The third-order valence-electron chi connectivity index (χ3n) is 1.96. The molecule has 0 aliphatic heterocycles. The number of nitrogens with zero attached hydrogens (tertiary/aromatic N) is 2. The van der Waals surface area contributed by atoms with Crippen LogP contribution in [0.1, 0.15) is 0 Å². The van der Waals surface area contributed by atoms with Crippen molar-refractivity contribution < 1.29 is 9.47 Å². The molecule has 0 N–H and O–H groups in total. The van der Waals surface area contributed by atoms with Crippen molar-refractivity contribution in [2.75, 3.05) is 7.11 Å². The van der Waals surface area contributed by atoms with Crippen molar-refractivity contribution in [2.45, 2.75) is 0 Å². The van der Waals surface area contributed by atoms with Crippen molar-refractivity contribution in [2.24, 2.45) is 7.05 Å². The quantitative estimate of drug-likeness (QED) is 0.769. The number of aromatic nitrogens is 2. The van der Waals surface area contributed by atoms with Gasteiger partial charge in [0.25, 0.3) is 0 Å². The van der Waals surface area contributed by atoms with E-state index >= 15 is 0 Å². The largest absolute Gasteiger partial charge is 0.497 e. The van der Waals surface area contributed by atoms with Gasteiger partial charge < -0.3 is 9.47 Å². The van der Waals surface area contributed by atoms with E-state index in [1.807, 2.05) is 31.3 Å². The molecule has 0 aliphatic rings. The van der Waals surface area contributed by atoms with Crippen LogP contribution in [-0.2, 0) is 7.05 Å². The molecular formula is C11H12N2O2. The number of ether oxygens (including phenoxy) is 2. The van der Waals surface area contributed by atoms with Gasteiger partial charge in [0, 0.05) is 13.1 Å². The molecule has 4 nitrogen and oxygen atoms in total. The summed E-state index contributed by atoms with van der Waals surface area (Å²) in [7, 11) is 3.47. The third-order valence-corrected chi connectivity index (χ3v) is 1.96. The first kappa shape index (κ1) is 9.58. The molecule has 0 spiro atoms. The van der Waals surface area contributed by atoms with Crippen LogP contribution in [0.5, 0.6) is 17.2 Å². The molecule has 1 heterocycles. The molecule has 0 amide bonds. The molecule has 0 saturated heterocycles. The SMILES string of the molecule is COc1cccc(Oc2cnn(C)c2)c1. The van der Waals surface area contributed by atoms with Gasteiger partial charge in [-0.2, -0.15) is 5.10 Å². The van der Waals surface area contributed by atoms with Crippen molar-refractivity contribution in [3.8, 4) is 17.2 Å². The first-order valence-electron chi connectivity index (χ1n) is 4.58. The highest BCUT2D eigenvalue weighted by atomic mass is 16.5. The molecule has 78 valence electrons. The number of rotatable bonds is 3. The van der Waals surface area contributed by atoms with E-state index < -0.39 is 0 Å². The van der Waals surface area contributed by atoms with Crippen LogP contribution in [0.3, 0.4) is 0 Å². The Balaban J connectivity index is 2.16. The summed E-state index contributed by atoms with van der Waals surface area (Å²) in [6.45, 7) is 0. The zero-order chi connectivity index (χ0) is 10.7. The number of benzene rings is 1. The van der Waals surface area contributed by atoms with Gasteiger partial charge in [0.15, 0.2) is 5.75 Å². The maximum Gasteiger partial charge on any atom is 0.165 e. The number of methoxy groups -OCH3 is 1. The summed E-state index contributed by atoms with van der Waals surface area (Å²) in [6, 6.07) is 7.45. The molecule has 2 aromatic rings. The first-order chi connectivity index (χ1) is 7.28. The summed E-state index contributed by atoms with van der Waals surface area (Å²) in [5, 5.41) is 4.02. The van der Waals surface area contributed by atoms with Crippen molar-refractivity contribution in [3.05, 3.63) is 36.7 Å². The Bertz CT molecular complexity index is 451. The van der Waals surface area contributed by atoms with Crippen molar-refractivity contribution >= 4 is 0 Å². The maximum atomic E-state index is 5.58. The smallest absolute Gasteiger partial charge is 0.165 e. The van der Waals surface area contributed by atoms with E-state index in [0.29, 0.717) is 5.75 Å². The van der Waals surface area contributed by atoms with E-state index in [1.54, 1.807) is 24.2 Å². The van der Waals surface area contributed by atoms with E-state index in [0.717, 1.165) is 11.5 Å². The highest BCUT2D eigenvalue weighted by Gasteiger charge is 2.00. The molecule has 0 atom stereocenters. The van der Waals surface area contributed by atoms with Gasteiger partial charge in [-0.1, -0.05) is 6.07 Å². The van der Waals surface area contributed by atoms with Gasteiger partial charge in [-0.25, -0.2) is 0 Å². The molecule has 0 unspecified atom stereocenters. The Morgan fingerprint density at radius 3 is 2.67 bits per heavy atom. The predicted molar refractivity (Wildman–Crippen MR) is 56.3 cm³/mol. The molecule has 0 saturated carbocycles. The maximum absolute atomic E-state index is 5.58. The van der Waals surface area contributed by atoms with Crippen molar-refractivity contribution in [1.29, 1.82) is 0 Å². The van der Waals surface area contributed by atoms with Gasteiger partial charge in [0.05, 0.1) is 19.5 Å². The summed E-state index contributed by atoms with van der Waals surface area (Å²) in [5.41, 5.74) is 0. The molecule has 15 heavy (non-hydrogen) atoms. The molecule has 2 rings (SSSR count). The van der Waals surface area contributed by atoms with Gasteiger partial charge >= 0.3 is 0 Å². The summed E-state index contributed by atoms with van der Waals surface area (Å²) >= 11 is 0. The van der Waals surface area contributed by atoms with E-state index in [1.165, 1.54) is 0 Å². The van der Waals surface area contributed by atoms with Crippen molar-refractivity contribution in [1.82, 2.24) is 9.78 Å². The zero-order valence-electron chi connectivity index (χ0n) is 8.68. The molecule has 1 aromatic heterocycles. The van der Waals surface area contributed by atoms with Crippen molar-refractivity contribution in [3.63, 3.8) is 0 Å². The number of hydrogen-bond donors (Lipinski definition) is 0. The lowest BCUT2D eigenvalue weighted by Crippen LogP contribution is -1.86. The molecule has 1 aromatic carbocycles. The highest BCUT2D eigenvalue weighted by molar-refractivity contribution is 5.35. The molecule has 0 radical (unpaired) electrons. The van der Waals surface area contributed by atoms with Gasteiger partial charge in [-0.15, -0.1) is 0 Å².